The number of carbonyl (C=O) groups excluding carboxylic acids is 1. The number of morpholine rings is 1. The summed E-state index contributed by atoms with van der Waals surface area (Å²) in [7, 11) is 0. The third-order valence-corrected chi connectivity index (χ3v) is 4.59. The van der Waals surface area contributed by atoms with Crippen LogP contribution in [0.15, 0.2) is 33.6 Å². The largest absolute Gasteiger partial charge is 0.481 e. The van der Waals surface area contributed by atoms with Crippen LogP contribution in [0.25, 0.3) is 0 Å². The van der Waals surface area contributed by atoms with Crippen LogP contribution in [0.2, 0.25) is 0 Å². The van der Waals surface area contributed by atoms with Gasteiger partial charge in [-0.3, -0.25) is 9.59 Å². The molecule has 21 heavy (non-hydrogen) atoms. The Labute approximate surface area is 135 Å². The molecule has 2 rings (SSSR count). The van der Waals surface area contributed by atoms with Crippen LogP contribution in [0.5, 0.6) is 0 Å². The first-order valence-corrected chi connectivity index (χ1v) is 8.31. The van der Waals surface area contributed by atoms with E-state index >= 15 is 0 Å². The van der Waals surface area contributed by atoms with Gasteiger partial charge < -0.3 is 14.7 Å². The minimum absolute atomic E-state index is 0.0467. The number of ether oxygens (including phenoxy) is 1. The number of hydrogen-bond donors (Lipinski definition) is 1. The second-order valence-electron chi connectivity index (χ2n) is 4.66. The van der Waals surface area contributed by atoms with Crippen molar-refractivity contribution in [2.24, 2.45) is 0 Å². The zero-order valence-corrected chi connectivity index (χ0v) is 13.7. The fraction of sp³-hybridized carbons (Fsp3) is 0.429. The molecule has 0 radical (unpaired) electrons. The monoisotopic (exact) mass is 373 g/mol. The summed E-state index contributed by atoms with van der Waals surface area (Å²) < 4.78 is 6.24. The minimum Gasteiger partial charge on any atom is -0.481 e. The van der Waals surface area contributed by atoms with Crippen molar-refractivity contribution in [2.75, 3.05) is 25.5 Å². The fourth-order valence-electron chi connectivity index (χ4n) is 2.14. The maximum absolute atomic E-state index is 12.3. The van der Waals surface area contributed by atoms with E-state index in [1.54, 1.807) is 4.90 Å². The van der Waals surface area contributed by atoms with Crippen LogP contribution in [0.1, 0.15) is 6.42 Å². The van der Waals surface area contributed by atoms with Gasteiger partial charge in [0.2, 0.25) is 5.91 Å². The standard InChI is InChI=1S/C14H16BrNO4S/c15-10-2-1-3-12(6-10)21-9-13(17)16-4-5-20-8-11(16)7-14(18)19/h1-3,6,11H,4-5,7-9H2,(H,18,19). The lowest BCUT2D eigenvalue weighted by Gasteiger charge is -2.34. The van der Waals surface area contributed by atoms with Gasteiger partial charge in [-0.05, 0) is 18.2 Å². The lowest BCUT2D eigenvalue weighted by molar-refractivity contribution is -0.144. The molecule has 7 heteroatoms. The molecule has 0 spiro atoms. The quantitative estimate of drug-likeness (QED) is 0.801. The summed E-state index contributed by atoms with van der Waals surface area (Å²) in [4.78, 5) is 25.8. The molecule has 114 valence electrons. The van der Waals surface area contributed by atoms with Crippen molar-refractivity contribution >= 4 is 39.6 Å². The Morgan fingerprint density at radius 2 is 2.29 bits per heavy atom. The number of nitrogens with zero attached hydrogens (tertiary/aromatic N) is 1. The van der Waals surface area contributed by atoms with Crippen molar-refractivity contribution in [1.82, 2.24) is 4.90 Å². The van der Waals surface area contributed by atoms with Gasteiger partial charge >= 0.3 is 5.97 Å². The third-order valence-electron chi connectivity index (χ3n) is 3.12. The van der Waals surface area contributed by atoms with Gasteiger partial charge in [-0.2, -0.15) is 0 Å². The Morgan fingerprint density at radius 1 is 1.48 bits per heavy atom. The molecule has 1 aliphatic heterocycles. The molecule has 0 aliphatic carbocycles. The summed E-state index contributed by atoms with van der Waals surface area (Å²) in [6.45, 7) is 1.21. The topological polar surface area (TPSA) is 66.8 Å². The molecule has 0 bridgehead atoms. The normalized spacial score (nSPS) is 18.5. The van der Waals surface area contributed by atoms with Crippen molar-refractivity contribution in [3.05, 3.63) is 28.7 Å². The summed E-state index contributed by atoms with van der Waals surface area (Å²) in [6, 6.07) is 7.37. The van der Waals surface area contributed by atoms with Crippen LogP contribution in [-0.2, 0) is 14.3 Å². The van der Waals surface area contributed by atoms with Crippen molar-refractivity contribution in [2.45, 2.75) is 17.4 Å². The number of carboxylic acids is 1. The SMILES string of the molecule is O=C(O)CC1COCCN1C(=O)CSc1cccc(Br)c1. The van der Waals surface area contributed by atoms with Crippen LogP contribution in [-0.4, -0.2) is 53.4 Å². The van der Waals surface area contributed by atoms with E-state index in [2.05, 4.69) is 15.9 Å². The van der Waals surface area contributed by atoms with E-state index < -0.39 is 5.97 Å². The average Bonchev–Trinajstić information content (AvgIpc) is 2.45. The van der Waals surface area contributed by atoms with Crippen molar-refractivity contribution in [1.29, 1.82) is 0 Å². The minimum atomic E-state index is -0.914. The Bertz CT molecular complexity index is 525. The van der Waals surface area contributed by atoms with Crippen LogP contribution in [0, 0.1) is 0 Å². The van der Waals surface area contributed by atoms with Gasteiger partial charge in [-0.15, -0.1) is 11.8 Å². The van der Waals surface area contributed by atoms with Crippen molar-refractivity contribution < 1.29 is 19.4 Å². The maximum atomic E-state index is 12.3. The molecular weight excluding hydrogens is 358 g/mol. The van der Waals surface area contributed by atoms with Crippen LogP contribution < -0.4 is 0 Å². The number of halogens is 1. The summed E-state index contributed by atoms with van der Waals surface area (Å²) in [5.41, 5.74) is 0. The summed E-state index contributed by atoms with van der Waals surface area (Å²) >= 11 is 4.84. The molecule has 5 nitrogen and oxygen atoms in total. The number of hydrogen-bond acceptors (Lipinski definition) is 4. The van der Waals surface area contributed by atoms with Crippen molar-refractivity contribution in [3.63, 3.8) is 0 Å². The molecule has 0 aromatic heterocycles. The van der Waals surface area contributed by atoms with E-state index in [0.717, 1.165) is 9.37 Å². The molecule has 1 amide bonds. The highest BCUT2D eigenvalue weighted by molar-refractivity contribution is 9.10. The highest BCUT2D eigenvalue weighted by atomic mass is 79.9. The molecule has 1 aliphatic rings. The van der Waals surface area contributed by atoms with Gasteiger partial charge in [0.1, 0.15) is 0 Å². The number of benzene rings is 1. The fourth-order valence-corrected chi connectivity index (χ4v) is 3.53. The Hall–Kier alpha value is -1.05. The van der Waals surface area contributed by atoms with E-state index in [9.17, 15) is 9.59 Å². The summed E-state index contributed by atoms with van der Waals surface area (Å²) in [5.74, 6) is -0.662. The second kappa shape index (κ2) is 7.82. The van der Waals surface area contributed by atoms with Gasteiger partial charge in [0.05, 0.1) is 31.4 Å². The predicted octanol–water partition coefficient (Wildman–Crippen LogP) is 2.24. The molecule has 1 fully saturated rings. The van der Waals surface area contributed by atoms with E-state index in [1.807, 2.05) is 24.3 Å². The van der Waals surface area contributed by atoms with E-state index in [-0.39, 0.29) is 18.4 Å². The Balaban J connectivity index is 1.92. The van der Waals surface area contributed by atoms with Gasteiger partial charge in [0.25, 0.3) is 0 Å². The highest BCUT2D eigenvalue weighted by Gasteiger charge is 2.28. The lowest BCUT2D eigenvalue weighted by atomic mass is 10.1. The molecule has 1 N–H and O–H groups in total. The molecule has 1 saturated heterocycles. The number of carbonyl (C=O) groups is 2. The number of carboxylic acid groups (broad SMARTS) is 1. The molecule has 1 aromatic carbocycles. The molecular formula is C14H16BrNO4S. The molecule has 1 atom stereocenters. The first-order chi connectivity index (χ1) is 10.1. The zero-order valence-electron chi connectivity index (χ0n) is 11.3. The number of thioether (sulfide) groups is 1. The van der Waals surface area contributed by atoms with E-state index in [4.69, 9.17) is 9.84 Å². The van der Waals surface area contributed by atoms with Gasteiger partial charge in [0, 0.05) is 15.9 Å². The molecule has 1 aromatic rings. The number of aliphatic carboxylic acids is 1. The summed E-state index contributed by atoms with van der Waals surface area (Å²) in [6.07, 6.45) is -0.0761. The molecule has 1 heterocycles. The Kier molecular flexibility index (Phi) is 6.08. The average molecular weight is 374 g/mol. The van der Waals surface area contributed by atoms with E-state index in [0.29, 0.717) is 25.5 Å². The second-order valence-corrected chi connectivity index (χ2v) is 6.62. The number of amides is 1. The van der Waals surface area contributed by atoms with Crippen LogP contribution in [0.4, 0.5) is 0 Å². The molecule has 0 saturated carbocycles. The smallest absolute Gasteiger partial charge is 0.305 e. The number of rotatable bonds is 5. The van der Waals surface area contributed by atoms with Crippen LogP contribution >= 0.6 is 27.7 Å². The molecule has 1 unspecified atom stereocenters. The summed E-state index contributed by atoms with van der Waals surface area (Å²) in [5, 5.41) is 8.90. The van der Waals surface area contributed by atoms with E-state index in [1.165, 1.54) is 11.8 Å². The zero-order chi connectivity index (χ0) is 15.2. The van der Waals surface area contributed by atoms with Crippen LogP contribution in [0.3, 0.4) is 0 Å². The van der Waals surface area contributed by atoms with Gasteiger partial charge in [-0.1, -0.05) is 22.0 Å². The highest BCUT2D eigenvalue weighted by Crippen LogP contribution is 2.23. The first kappa shape index (κ1) is 16.3. The third kappa shape index (κ3) is 5.01. The van der Waals surface area contributed by atoms with Gasteiger partial charge in [0.15, 0.2) is 0 Å². The Morgan fingerprint density at radius 3 is 3.00 bits per heavy atom. The van der Waals surface area contributed by atoms with Gasteiger partial charge in [-0.25, -0.2) is 0 Å². The maximum Gasteiger partial charge on any atom is 0.305 e. The lowest BCUT2D eigenvalue weighted by Crippen LogP contribution is -2.50. The first-order valence-electron chi connectivity index (χ1n) is 6.53. The predicted molar refractivity (Wildman–Crippen MR) is 83.4 cm³/mol. The van der Waals surface area contributed by atoms with Crippen molar-refractivity contribution in [3.8, 4) is 0 Å².